The lowest BCUT2D eigenvalue weighted by atomic mass is 10.0. The highest BCUT2D eigenvalue weighted by Crippen LogP contribution is 2.26. The molecule has 4 aromatic rings. The molecule has 4 bridgehead atoms. The summed E-state index contributed by atoms with van der Waals surface area (Å²) >= 11 is 1.25. The highest BCUT2D eigenvalue weighted by molar-refractivity contribution is 7.09. The van der Waals surface area contributed by atoms with Gasteiger partial charge in [-0.2, -0.15) is 15.4 Å². The fourth-order valence-electron chi connectivity index (χ4n) is 4.56. The smallest absolute Gasteiger partial charge is 0.276 e. The molecule has 0 unspecified atom stereocenters. The van der Waals surface area contributed by atoms with Gasteiger partial charge < -0.3 is 25.3 Å². The first kappa shape index (κ1) is 29.6. The topological polar surface area (TPSA) is 188 Å². The Bertz CT molecular complexity index is 1610. The number of aromatic amines is 1. The fraction of sp³-hybridized carbons (Fsp3) is 0.357. The van der Waals surface area contributed by atoms with E-state index < -0.39 is 35.7 Å². The zero-order valence-electron chi connectivity index (χ0n) is 23.8. The number of hydrogen-bond donors (Lipinski definition) is 4. The molecule has 0 fully saturated rings. The van der Waals surface area contributed by atoms with E-state index in [-0.39, 0.29) is 48.5 Å². The van der Waals surface area contributed by atoms with Gasteiger partial charge in [-0.25, -0.2) is 9.97 Å². The van der Waals surface area contributed by atoms with E-state index in [1.165, 1.54) is 22.5 Å². The van der Waals surface area contributed by atoms with Gasteiger partial charge >= 0.3 is 0 Å². The van der Waals surface area contributed by atoms with Crippen LogP contribution in [-0.4, -0.2) is 73.5 Å². The number of nitrogens with one attached hydrogen (secondary N) is 4. The van der Waals surface area contributed by atoms with Crippen LogP contribution >= 0.6 is 11.3 Å². The van der Waals surface area contributed by atoms with Crippen molar-refractivity contribution in [1.82, 2.24) is 46.2 Å². The summed E-state index contributed by atoms with van der Waals surface area (Å²) in [6.07, 6.45) is 1.57. The first-order chi connectivity index (χ1) is 20.7. The normalized spacial score (nSPS) is 18.4. The summed E-state index contributed by atoms with van der Waals surface area (Å²) < 4.78 is 5.66. The zero-order chi connectivity index (χ0) is 30.5. The number of thiazole rings is 1. The van der Waals surface area contributed by atoms with E-state index in [1.807, 2.05) is 44.2 Å². The lowest BCUT2D eigenvalue weighted by Crippen LogP contribution is -2.46. The summed E-state index contributed by atoms with van der Waals surface area (Å²) in [5.41, 5.74) is 1.54. The Labute approximate surface area is 250 Å². The average Bonchev–Trinajstić information content (AvgIpc) is 3.76. The second-order valence-electron chi connectivity index (χ2n) is 10.4. The molecular formula is C28H31N9O5S. The van der Waals surface area contributed by atoms with E-state index in [9.17, 15) is 19.2 Å². The van der Waals surface area contributed by atoms with E-state index in [4.69, 9.17) is 4.42 Å². The summed E-state index contributed by atoms with van der Waals surface area (Å²) in [6.45, 7) is 5.19. The van der Waals surface area contributed by atoms with Gasteiger partial charge in [-0.1, -0.05) is 44.2 Å². The minimum Gasteiger partial charge on any atom is -0.446 e. The second kappa shape index (κ2) is 12.9. The molecule has 0 saturated carbocycles. The van der Waals surface area contributed by atoms with Gasteiger partial charge in [0.15, 0.2) is 11.4 Å². The first-order valence-electron chi connectivity index (χ1n) is 13.7. The predicted molar refractivity (Wildman–Crippen MR) is 154 cm³/mol. The molecule has 4 heterocycles. The van der Waals surface area contributed by atoms with Crippen LogP contribution in [0.3, 0.4) is 0 Å². The van der Waals surface area contributed by atoms with Crippen LogP contribution in [0.1, 0.15) is 79.6 Å². The van der Waals surface area contributed by atoms with Crippen LogP contribution in [0.25, 0.3) is 0 Å². The van der Waals surface area contributed by atoms with Gasteiger partial charge in [0.2, 0.25) is 11.8 Å². The minimum atomic E-state index is -0.695. The van der Waals surface area contributed by atoms with Gasteiger partial charge in [0.25, 0.3) is 17.7 Å². The minimum absolute atomic E-state index is 0.00196. The largest absolute Gasteiger partial charge is 0.446 e. The molecule has 4 amide bonds. The van der Waals surface area contributed by atoms with Crippen molar-refractivity contribution in [2.45, 2.75) is 39.3 Å². The Balaban J connectivity index is 1.47. The van der Waals surface area contributed by atoms with E-state index >= 15 is 0 Å². The van der Waals surface area contributed by atoms with Crippen molar-refractivity contribution in [2.75, 3.05) is 19.6 Å². The van der Waals surface area contributed by atoms with Gasteiger partial charge in [-0.3, -0.25) is 19.2 Å². The molecule has 0 spiro atoms. The Kier molecular flexibility index (Phi) is 8.90. The van der Waals surface area contributed by atoms with Crippen LogP contribution in [0.5, 0.6) is 0 Å². The van der Waals surface area contributed by atoms with Gasteiger partial charge in [0, 0.05) is 24.9 Å². The number of hydrogen-bond acceptors (Lipinski definition) is 10. The van der Waals surface area contributed by atoms with Gasteiger partial charge in [0.1, 0.15) is 23.0 Å². The molecule has 15 heteroatoms. The number of aryl methyl sites for hydroxylation is 1. The van der Waals surface area contributed by atoms with Crippen LogP contribution in [-0.2, 0) is 11.2 Å². The van der Waals surface area contributed by atoms with E-state index in [0.717, 1.165) is 5.56 Å². The molecule has 4 N–H and O–H groups in total. The van der Waals surface area contributed by atoms with Crippen LogP contribution in [0, 0.1) is 12.8 Å². The number of aromatic nitrogens is 5. The van der Waals surface area contributed by atoms with Crippen molar-refractivity contribution in [3.63, 3.8) is 0 Å². The Morgan fingerprint density at radius 3 is 2.58 bits per heavy atom. The Hall–Kier alpha value is -4.92. The summed E-state index contributed by atoms with van der Waals surface area (Å²) in [5.74, 6) is -1.88. The third kappa shape index (κ3) is 6.94. The third-order valence-electron chi connectivity index (χ3n) is 6.86. The fourth-order valence-corrected chi connectivity index (χ4v) is 5.58. The van der Waals surface area contributed by atoms with Gasteiger partial charge in [0.05, 0.1) is 18.3 Å². The van der Waals surface area contributed by atoms with Crippen molar-refractivity contribution in [3.05, 3.63) is 81.2 Å². The van der Waals surface area contributed by atoms with Crippen LogP contribution < -0.4 is 16.0 Å². The van der Waals surface area contributed by atoms with Crippen LogP contribution in [0.15, 0.2) is 46.4 Å². The number of benzene rings is 1. The van der Waals surface area contributed by atoms with Crippen LogP contribution in [0.4, 0.5) is 0 Å². The second-order valence-corrected chi connectivity index (χ2v) is 11.3. The maximum Gasteiger partial charge on any atom is 0.276 e. The molecule has 1 aliphatic heterocycles. The number of carbonyl (C=O) groups is 4. The van der Waals surface area contributed by atoms with Gasteiger partial charge in [-0.15, -0.1) is 11.3 Å². The highest BCUT2D eigenvalue weighted by Gasteiger charge is 2.29. The number of fused-ring (bicyclic) bond motifs is 4. The summed E-state index contributed by atoms with van der Waals surface area (Å²) in [5, 5.41) is 21.0. The molecule has 3 aromatic heterocycles. The molecule has 0 radical (unpaired) electrons. The number of rotatable bonds is 4. The summed E-state index contributed by atoms with van der Waals surface area (Å²) in [7, 11) is 0. The van der Waals surface area contributed by atoms with Crippen molar-refractivity contribution >= 4 is 35.0 Å². The number of oxazole rings is 1. The van der Waals surface area contributed by atoms with E-state index in [0.29, 0.717) is 17.1 Å². The average molecular weight is 606 g/mol. The van der Waals surface area contributed by atoms with Crippen molar-refractivity contribution in [2.24, 2.45) is 5.92 Å². The molecule has 5 rings (SSSR count). The number of amides is 4. The number of nitrogens with zero attached hydrogens (tertiary/aromatic N) is 5. The molecule has 224 valence electrons. The molecule has 1 aromatic carbocycles. The lowest BCUT2D eigenvalue weighted by Gasteiger charge is -2.25. The van der Waals surface area contributed by atoms with Crippen molar-refractivity contribution in [3.8, 4) is 0 Å². The van der Waals surface area contributed by atoms with Crippen molar-refractivity contribution in [1.29, 1.82) is 0 Å². The maximum atomic E-state index is 13.4. The van der Waals surface area contributed by atoms with Crippen molar-refractivity contribution < 1.29 is 23.6 Å². The molecule has 43 heavy (non-hydrogen) atoms. The molecule has 1 aliphatic rings. The molecule has 0 aliphatic carbocycles. The maximum absolute atomic E-state index is 13.4. The summed E-state index contributed by atoms with van der Waals surface area (Å²) in [6, 6.07) is 8.28. The van der Waals surface area contributed by atoms with Gasteiger partial charge in [-0.05, 0) is 18.4 Å². The quantitative estimate of drug-likeness (QED) is 0.270. The molecule has 0 saturated heterocycles. The lowest BCUT2D eigenvalue weighted by molar-refractivity contribution is -0.122. The summed E-state index contributed by atoms with van der Waals surface area (Å²) in [4.78, 5) is 63.0. The number of H-pyrrole nitrogens is 1. The Morgan fingerprint density at radius 1 is 1.07 bits per heavy atom. The highest BCUT2D eigenvalue weighted by atomic mass is 32.1. The monoisotopic (exact) mass is 605 g/mol. The Morgan fingerprint density at radius 2 is 1.86 bits per heavy atom. The molecule has 14 nitrogen and oxygen atoms in total. The standard InChI is InChI=1S/C28H31N9O5S/c1-15(2)22-27-32-20(14-43-27)25(40)30-18(11-17-7-5-4-6-8-17)26-31-19(13-42-26)24(39)29-9-10-37(12-21(38)33-22)28(41)23-16(3)34-36-35-23/h4-8,13-15,18,22H,9-12H2,1-3H3,(H,29,39)(H,30,40)(H,33,38)(H,34,35,36)/t18-,22-/m0/s1. The third-order valence-corrected chi connectivity index (χ3v) is 7.79. The van der Waals surface area contributed by atoms with E-state index in [2.05, 4.69) is 41.3 Å². The number of carbonyl (C=O) groups excluding carboxylic acids is 4. The molecular weight excluding hydrogens is 574 g/mol. The zero-order valence-corrected chi connectivity index (χ0v) is 24.6. The van der Waals surface area contributed by atoms with Crippen LogP contribution in [0.2, 0.25) is 0 Å². The SMILES string of the molecule is Cc1n[nH]nc1C(=O)N1CCNC(=O)c2coc(n2)[C@H](Cc2ccccc2)NC(=O)c2csc(n2)[C@H](C(C)C)NC(=O)C1. The van der Waals surface area contributed by atoms with E-state index in [1.54, 1.807) is 12.3 Å². The molecule has 2 atom stereocenters. The predicted octanol–water partition coefficient (Wildman–Crippen LogP) is 1.97. The first-order valence-corrected chi connectivity index (χ1v) is 14.6.